The molecule has 1 aliphatic heterocycles. The Morgan fingerprint density at radius 1 is 1.10 bits per heavy atom. The molecule has 8 heteroatoms. The lowest BCUT2D eigenvalue weighted by molar-refractivity contribution is -0.384. The molecule has 1 aliphatic rings. The van der Waals surface area contributed by atoms with Crippen molar-refractivity contribution in [3.8, 4) is 0 Å². The van der Waals surface area contributed by atoms with Crippen LogP contribution in [0.5, 0.6) is 0 Å². The number of rotatable bonds is 5. The first-order valence-electron chi connectivity index (χ1n) is 10.2. The van der Waals surface area contributed by atoms with Crippen molar-refractivity contribution in [2.45, 2.75) is 13.5 Å². The molecular formula is C23H24N4O4. The summed E-state index contributed by atoms with van der Waals surface area (Å²) in [6.07, 6.45) is 0. The molecule has 1 saturated heterocycles. The maximum atomic E-state index is 12.5. The molecule has 3 aromatic rings. The number of benzene rings is 2. The highest BCUT2D eigenvalue weighted by Gasteiger charge is 2.26. The van der Waals surface area contributed by atoms with Crippen molar-refractivity contribution in [3.63, 3.8) is 0 Å². The van der Waals surface area contributed by atoms with E-state index in [1.54, 1.807) is 12.1 Å². The fraction of sp³-hybridized carbons (Fsp3) is 0.304. The smallest absolute Gasteiger partial charge is 0.340 e. The van der Waals surface area contributed by atoms with Gasteiger partial charge >= 0.3 is 5.97 Å². The maximum Gasteiger partial charge on any atom is 0.340 e. The molecule has 31 heavy (non-hydrogen) atoms. The summed E-state index contributed by atoms with van der Waals surface area (Å²) < 4.78 is 5.04. The van der Waals surface area contributed by atoms with Crippen LogP contribution in [-0.4, -0.2) is 54.1 Å². The van der Waals surface area contributed by atoms with E-state index in [4.69, 9.17) is 9.72 Å². The monoisotopic (exact) mass is 420 g/mol. The zero-order chi connectivity index (χ0) is 22.0. The number of methoxy groups -OCH3 is 1. The summed E-state index contributed by atoms with van der Waals surface area (Å²) in [6.45, 7) is 5.17. The van der Waals surface area contributed by atoms with Crippen molar-refractivity contribution in [1.29, 1.82) is 0 Å². The molecule has 2 aromatic carbocycles. The third-order valence-electron chi connectivity index (χ3n) is 5.78. The molecule has 0 radical (unpaired) electrons. The Morgan fingerprint density at radius 3 is 2.48 bits per heavy atom. The number of piperazine rings is 1. The minimum absolute atomic E-state index is 0.121. The number of nitro groups is 1. The van der Waals surface area contributed by atoms with Gasteiger partial charge in [-0.15, -0.1) is 0 Å². The molecule has 0 amide bonds. The van der Waals surface area contributed by atoms with Crippen LogP contribution in [-0.2, 0) is 11.3 Å². The first-order valence-corrected chi connectivity index (χ1v) is 10.2. The average molecular weight is 420 g/mol. The number of pyridine rings is 1. The summed E-state index contributed by atoms with van der Waals surface area (Å²) in [4.78, 5) is 32.6. The molecule has 0 atom stereocenters. The quantitative estimate of drug-likeness (QED) is 0.354. The highest BCUT2D eigenvalue weighted by molar-refractivity contribution is 5.98. The van der Waals surface area contributed by atoms with Crippen LogP contribution in [0.25, 0.3) is 10.9 Å². The molecule has 0 aliphatic carbocycles. The van der Waals surface area contributed by atoms with E-state index in [1.807, 2.05) is 42.2 Å². The van der Waals surface area contributed by atoms with Gasteiger partial charge in [0.25, 0.3) is 5.69 Å². The van der Waals surface area contributed by atoms with Crippen LogP contribution in [0, 0.1) is 17.0 Å². The Bertz CT molecular complexity index is 1140. The minimum atomic E-state index is -0.385. The predicted molar refractivity (Wildman–Crippen MR) is 118 cm³/mol. The highest BCUT2D eigenvalue weighted by Crippen LogP contribution is 2.29. The minimum Gasteiger partial charge on any atom is -0.465 e. The van der Waals surface area contributed by atoms with Gasteiger partial charge in [0, 0.05) is 44.2 Å². The van der Waals surface area contributed by atoms with E-state index >= 15 is 0 Å². The van der Waals surface area contributed by atoms with Crippen molar-refractivity contribution in [3.05, 3.63) is 75.5 Å². The maximum absolute atomic E-state index is 12.5. The Balaban J connectivity index is 1.56. The number of aromatic nitrogens is 1. The second kappa shape index (κ2) is 8.69. The number of nitro benzene ring substituents is 1. The number of hydrogen-bond acceptors (Lipinski definition) is 7. The van der Waals surface area contributed by atoms with Crippen molar-refractivity contribution in [2.24, 2.45) is 0 Å². The number of hydrogen-bond donors (Lipinski definition) is 0. The van der Waals surface area contributed by atoms with E-state index in [1.165, 1.54) is 13.2 Å². The van der Waals surface area contributed by atoms with Crippen LogP contribution in [0.3, 0.4) is 0 Å². The molecule has 8 nitrogen and oxygen atoms in total. The first-order chi connectivity index (χ1) is 15.0. The van der Waals surface area contributed by atoms with Crippen molar-refractivity contribution < 1.29 is 14.5 Å². The van der Waals surface area contributed by atoms with Gasteiger partial charge in [-0.3, -0.25) is 20.0 Å². The molecule has 0 bridgehead atoms. The number of carbonyl (C=O) groups excluding carboxylic acids is 1. The molecule has 1 fully saturated rings. The summed E-state index contributed by atoms with van der Waals surface area (Å²) in [5.41, 5.74) is 3.69. The summed E-state index contributed by atoms with van der Waals surface area (Å²) >= 11 is 0. The van der Waals surface area contributed by atoms with E-state index in [0.717, 1.165) is 16.5 Å². The van der Waals surface area contributed by atoms with Crippen molar-refractivity contribution in [1.82, 2.24) is 9.88 Å². The van der Waals surface area contributed by atoms with Gasteiger partial charge in [0.15, 0.2) is 0 Å². The van der Waals surface area contributed by atoms with Crippen LogP contribution in [0.1, 0.15) is 21.6 Å². The first kappa shape index (κ1) is 20.7. The van der Waals surface area contributed by atoms with Gasteiger partial charge in [0.2, 0.25) is 0 Å². The van der Waals surface area contributed by atoms with Crippen LogP contribution in [0.15, 0.2) is 48.5 Å². The predicted octanol–water partition coefficient (Wildman–Crippen LogP) is 3.56. The number of ether oxygens (including phenoxy) is 1. The van der Waals surface area contributed by atoms with Gasteiger partial charge in [-0.25, -0.2) is 4.79 Å². The van der Waals surface area contributed by atoms with Crippen LogP contribution in [0.4, 0.5) is 11.4 Å². The third-order valence-corrected chi connectivity index (χ3v) is 5.78. The zero-order valence-corrected chi connectivity index (χ0v) is 17.6. The molecule has 0 saturated carbocycles. The van der Waals surface area contributed by atoms with E-state index < -0.39 is 0 Å². The Morgan fingerprint density at radius 2 is 1.77 bits per heavy atom. The average Bonchev–Trinajstić information content (AvgIpc) is 2.79. The number of nitrogens with zero attached hydrogens (tertiary/aromatic N) is 4. The lowest BCUT2D eigenvalue weighted by atomic mass is 10.0. The standard InChI is InChI=1S/C23H24N4O4/c1-16-17-7-3-4-8-18(17)24-19(22(16)23(28)31-2)15-25-11-13-26(14-12-25)20-9-5-6-10-21(20)27(29)30/h3-10H,11-15H2,1-2H3. The molecule has 0 unspecified atom stereocenters. The number of fused-ring (bicyclic) bond motifs is 1. The highest BCUT2D eigenvalue weighted by atomic mass is 16.6. The van der Waals surface area contributed by atoms with Gasteiger partial charge in [-0.2, -0.15) is 0 Å². The molecule has 0 spiro atoms. The fourth-order valence-corrected chi connectivity index (χ4v) is 4.17. The SMILES string of the molecule is COC(=O)c1c(CN2CCN(c3ccccc3[N+](=O)[O-])CC2)nc2ccccc2c1C. The van der Waals surface area contributed by atoms with E-state index in [-0.39, 0.29) is 16.6 Å². The van der Waals surface area contributed by atoms with Gasteiger partial charge in [-0.05, 0) is 24.6 Å². The van der Waals surface area contributed by atoms with E-state index in [9.17, 15) is 14.9 Å². The summed E-state index contributed by atoms with van der Waals surface area (Å²) in [5.74, 6) is -0.385. The summed E-state index contributed by atoms with van der Waals surface area (Å²) in [6, 6.07) is 14.6. The Labute approximate surface area is 180 Å². The summed E-state index contributed by atoms with van der Waals surface area (Å²) in [7, 11) is 1.38. The number of para-hydroxylation sites is 3. The lowest BCUT2D eigenvalue weighted by Gasteiger charge is -2.35. The van der Waals surface area contributed by atoms with Gasteiger partial charge < -0.3 is 9.64 Å². The zero-order valence-electron chi connectivity index (χ0n) is 17.6. The largest absolute Gasteiger partial charge is 0.465 e. The number of anilines is 1. The van der Waals surface area contributed by atoms with Crippen LogP contribution < -0.4 is 4.90 Å². The second-order valence-corrected chi connectivity index (χ2v) is 7.58. The van der Waals surface area contributed by atoms with Gasteiger partial charge in [0.1, 0.15) is 5.69 Å². The number of esters is 1. The molecule has 2 heterocycles. The van der Waals surface area contributed by atoms with Gasteiger partial charge in [-0.1, -0.05) is 30.3 Å². The second-order valence-electron chi connectivity index (χ2n) is 7.58. The van der Waals surface area contributed by atoms with E-state index in [0.29, 0.717) is 49.7 Å². The fourth-order valence-electron chi connectivity index (χ4n) is 4.17. The molecule has 160 valence electrons. The Kier molecular flexibility index (Phi) is 5.81. The topological polar surface area (TPSA) is 88.8 Å². The molecule has 1 aromatic heterocycles. The van der Waals surface area contributed by atoms with Gasteiger partial charge in [0.05, 0.1) is 28.8 Å². The Hall–Kier alpha value is -3.52. The lowest BCUT2D eigenvalue weighted by Crippen LogP contribution is -2.46. The molecule has 4 rings (SSSR count). The number of aryl methyl sites for hydroxylation is 1. The van der Waals surface area contributed by atoms with Crippen LogP contribution in [0.2, 0.25) is 0 Å². The van der Waals surface area contributed by atoms with Crippen molar-refractivity contribution in [2.75, 3.05) is 38.2 Å². The summed E-state index contributed by atoms with van der Waals surface area (Å²) in [5, 5.41) is 12.3. The third kappa shape index (κ3) is 4.06. The van der Waals surface area contributed by atoms with Crippen molar-refractivity contribution >= 4 is 28.2 Å². The van der Waals surface area contributed by atoms with Crippen LogP contribution >= 0.6 is 0 Å². The number of carbonyl (C=O) groups is 1. The normalized spacial score (nSPS) is 14.6. The van der Waals surface area contributed by atoms with E-state index in [2.05, 4.69) is 4.90 Å². The molecule has 0 N–H and O–H groups in total. The molecular weight excluding hydrogens is 396 g/mol.